The van der Waals surface area contributed by atoms with Crippen molar-refractivity contribution in [3.63, 3.8) is 0 Å². The van der Waals surface area contributed by atoms with Gasteiger partial charge in [0.1, 0.15) is 11.4 Å². The van der Waals surface area contributed by atoms with Gasteiger partial charge in [-0.15, -0.1) is 0 Å². The van der Waals surface area contributed by atoms with E-state index in [1.165, 1.54) is 0 Å². The molecule has 9 heteroatoms. The number of aliphatic hydroxyl groups is 1. The second kappa shape index (κ2) is 8.32. The summed E-state index contributed by atoms with van der Waals surface area (Å²) in [5, 5.41) is 17.6. The van der Waals surface area contributed by atoms with Crippen LogP contribution in [-0.4, -0.2) is 56.6 Å². The zero-order valence-electron chi connectivity index (χ0n) is 16.3. The summed E-state index contributed by atoms with van der Waals surface area (Å²) in [5.74, 6) is 1.12. The van der Waals surface area contributed by atoms with Gasteiger partial charge in [-0.3, -0.25) is 9.67 Å². The second-order valence-electron chi connectivity index (χ2n) is 6.90. The third kappa shape index (κ3) is 4.10. The fourth-order valence-electron chi connectivity index (χ4n) is 2.59. The lowest BCUT2D eigenvalue weighted by molar-refractivity contribution is 0.152. The van der Waals surface area contributed by atoms with Crippen molar-refractivity contribution < 1.29 is 9.84 Å². The van der Waals surface area contributed by atoms with E-state index in [0.29, 0.717) is 36.2 Å². The van der Waals surface area contributed by atoms with Gasteiger partial charge < -0.3 is 20.9 Å². The molecule has 0 spiro atoms. The number of nitrogens with two attached hydrogens (primary N) is 1. The number of hydrogen-bond donors (Lipinski definition) is 3. The quantitative estimate of drug-likeness (QED) is 0.535. The predicted molar refractivity (Wildman–Crippen MR) is 107 cm³/mol. The molecule has 148 valence electrons. The average Bonchev–Trinajstić information content (AvgIpc) is 3.19. The molecule has 0 saturated heterocycles. The van der Waals surface area contributed by atoms with Crippen molar-refractivity contribution in [2.45, 2.75) is 19.4 Å². The SMILES string of the molecule is COc1cncc(-c2nn(C(C)(C)CO)cc2-c2ccnc(NCCN)n2)c1. The van der Waals surface area contributed by atoms with Crippen LogP contribution in [0.4, 0.5) is 5.95 Å². The van der Waals surface area contributed by atoms with Crippen LogP contribution < -0.4 is 15.8 Å². The van der Waals surface area contributed by atoms with Crippen LogP contribution in [0.15, 0.2) is 36.9 Å². The topological polar surface area (TPSA) is 124 Å². The fraction of sp³-hybridized carbons (Fsp3) is 0.368. The molecular weight excluding hydrogens is 358 g/mol. The molecule has 0 unspecified atom stereocenters. The van der Waals surface area contributed by atoms with Crippen LogP contribution in [0.5, 0.6) is 5.75 Å². The molecule has 0 aliphatic heterocycles. The van der Waals surface area contributed by atoms with Gasteiger partial charge in [0.2, 0.25) is 5.95 Å². The van der Waals surface area contributed by atoms with Gasteiger partial charge in [-0.2, -0.15) is 5.10 Å². The van der Waals surface area contributed by atoms with Gasteiger partial charge >= 0.3 is 0 Å². The maximum Gasteiger partial charge on any atom is 0.223 e. The maximum absolute atomic E-state index is 9.77. The molecule has 28 heavy (non-hydrogen) atoms. The zero-order chi connectivity index (χ0) is 20.1. The Morgan fingerprint density at radius 3 is 2.86 bits per heavy atom. The first-order valence-electron chi connectivity index (χ1n) is 8.96. The molecule has 3 rings (SSSR count). The number of nitrogens with one attached hydrogen (secondary N) is 1. The number of aliphatic hydroxyl groups excluding tert-OH is 1. The van der Waals surface area contributed by atoms with Crippen molar-refractivity contribution in [1.82, 2.24) is 24.7 Å². The number of hydrogen-bond acceptors (Lipinski definition) is 8. The summed E-state index contributed by atoms with van der Waals surface area (Å²) in [6, 6.07) is 3.68. The fourth-order valence-corrected chi connectivity index (χ4v) is 2.59. The third-order valence-electron chi connectivity index (χ3n) is 4.30. The first kappa shape index (κ1) is 19.7. The number of nitrogens with zero attached hydrogens (tertiary/aromatic N) is 5. The number of rotatable bonds is 8. The summed E-state index contributed by atoms with van der Waals surface area (Å²) in [5.41, 5.74) is 7.95. The lowest BCUT2D eigenvalue weighted by Gasteiger charge is -2.22. The predicted octanol–water partition coefficient (Wildman–Crippen LogP) is 1.51. The molecule has 3 aromatic rings. The highest BCUT2D eigenvalue weighted by atomic mass is 16.5. The third-order valence-corrected chi connectivity index (χ3v) is 4.30. The lowest BCUT2D eigenvalue weighted by Crippen LogP contribution is -2.30. The molecule has 0 bridgehead atoms. The Kier molecular flexibility index (Phi) is 5.86. The van der Waals surface area contributed by atoms with E-state index in [4.69, 9.17) is 15.6 Å². The van der Waals surface area contributed by atoms with Crippen molar-refractivity contribution in [3.8, 4) is 28.3 Å². The van der Waals surface area contributed by atoms with E-state index in [-0.39, 0.29) is 6.61 Å². The van der Waals surface area contributed by atoms with Gasteiger partial charge in [0, 0.05) is 42.8 Å². The molecule has 3 heterocycles. The Balaban J connectivity index is 2.13. The Hall–Kier alpha value is -3.04. The summed E-state index contributed by atoms with van der Waals surface area (Å²) in [7, 11) is 1.59. The second-order valence-corrected chi connectivity index (χ2v) is 6.90. The molecule has 0 aliphatic rings. The van der Waals surface area contributed by atoms with E-state index in [2.05, 4.69) is 20.3 Å². The van der Waals surface area contributed by atoms with Crippen molar-refractivity contribution >= 4 is 5.95 Å². The Labute approximate surface area is 163 Å². The molecular formula is C19H25N7O2. The Bertz CT molecular complexity index is 940. The van der Waals surface area contributed by atoms with Crippen LogP contribution in [0.25, 0.3) is 22.5 Å². The van der Waals surface area contributed by atoms with E-state index < -0.39 is 5.54 Å². The zero-order valence-corrected chi connectivity index (χ0v) is 16.3. The first-order chi connectivity index (χ1) is 13.5. The van der Waals surface area contributed by atoms with Crippen molar-refractivity contribution in [1.29, 1.82) is 0 Å². The number of methoxy groups -OCH3 is 1. The van der Waals surface area contributed by atoms with Crippen molar-refractivity contribution in [2.75, 3.05) is 32.1 Å². The van der Waals surface area contributed by atoms with E-state index in [0.717, 1.165) is 11.1 Å². The maximum atomic E-state index is 9.77. The van der Waals surface area contributed by atoms with E-state index in [9.17, 15) is 5.11 Å². The number of pyridine rings is 1. The number of ether oxygens (including phenoxy) is 1. The van der Waals surface area contributed by atoms with Crippen LogP contribution in [0.1, 0.15) is 13.8 Å². The van der Waals surface area contributed by atoms with E-state index >= 15 is 0 Å². The highest BCUT2D eigenvalue weighted by molar-refractivity contribution is 5.79. The summed E-state index contributed by atoms with van der Waals surface area (Å²) >= 11 is 0. The molecule has 4 N–H and O–H groups in total. The molecule has 9 nitrogen and oxygen atoms in total. The minimum atomic E-state index is -0.576. The first-order valence-corrected chi connectivity index (χ1v) is 8.96. The number of anilines is 1. The Morgan fingerprint density at radius 2 is 2.14 bits per heavy atom. The van der Waals surface area contributed by atoms with Crippen LogP contribution in [-0.2, 0) is 5.54 Å². The molecule has 0 radical (unpaired) electrons. The largest absolute Gasteiger partial charge is 0.495 e. The van der Waals surface area contributed by atoms with Crippen LogP contribution in [0, 0.1) is 0 Å². The van der Waals surface area contributed by atoms with Gasteiger partial charge in [0.15, 0.2) is 0 Å². The average molecular weight is 383 g/mol. The van der Waals surface area contributed by atoms with Crippen LogP contribution in [0.2, 0.25) is 0 Å². The van der Waals surface area contributed by atoms with Crippen molar-refractivity contribution in [3.05, 3.63) is 36.9 Å². The molecule has 0 aromatic carbocycles. The van der Waals surface area contributed by atoms with Crippen LogP contribution >= 0.6 is 0 Å². The smallest absolute Gasteiger partial charge is 0.223 e. The molecule has 0 atom stereocenters. The van der Waals surface area contributed by atoms with E-state index in [1.54, 1.807) is 30.4 Å². The summed E-state index contributed by atoms with van der Waals surface area (Å²) in [6.07, 6.45) is 6.92. The minimum absolute atomic E-state index is 0.0585. The molecule has 0 aliphatic carbocycles. The van der Waals surface area contributed by atoms with Gasteiger partial charge in [-0.05, 0) is 26.0 Å². The number of aromatic nitrogens is 5. The van der Waals surface area contributed by atoms with Crippen LogP contribution in [0.3, 0.4) is 0 Å². The summed E-state index contributed by atoms with van der Waals surface area (Å²) in [4.78, 5) is 13.0. The highest BCUT2D eigenvalue weighted by Crippen LogP contribution is 2.33. The van der Waals surface area contributed by atoms with Gasteiger partial charge in [-0.1, -0.05) is 0 Å². The van der Waals surface area contributed by atoms with Crippen molar-refractivity contribution in [2.24, 2.45) is 5.73 Å². The minimum Gasteiger partial charge on any atom is -0.495 e. The standard InChI is InChI=1S/C19H25N7O2/c1-19(2,12-27)26-11-15(16-4-6-22-18(24-16)23-7-5-20)17(25-26)13-8-14(28-3)10-21-9-13/h4,6,8-11,27H,5,7,12,20H2,1-3H3,(H,22,23,24). The molecule has 3 aromatic heterocycles. The van der Waals surface area contributed by atoms with E-state index in [1.807, 2.05) is 32.2 Å². The van der Waals surface area contributed by atoms with Gasteiger partial charge in [0.05, 0.1) is 31.1 Å². The molecule has 0 fully saturated rings. The Morgan fingerprint density at radius 1 is 1.32 bits per heavy atom. The van der Waals surface area contributed by atoms with Gasteiger partial charge in [-0.25, -0.2) is 9.97 Å². The normalized spacial score (nSPS) is 11.5. The molecule has 0 saturated carbocycles. The highest BCUT2D eigenvalue weighted by Gasteiger charge is 2.24. The molecule has 0 amide bonds. The summed E-state index contributed by atoms with van der Waals surface area (Å²) in [6.45, 7) is 4.82. The van der Waals surface area contributed by atoms with Gasteiger partial charge in [0.25, 0.3) is 0 Å². The lowest BCUT2D eigenvalue weighted by atomic mass is 10.1. The monoisotopic (exact) mass is 383 g/mol. The summed E-state index contributed by atoms with van der Waals surface area (Å²) < 4.78 is 7.04.